The van der Waals surface area contributed by atoms with Crippen molar-refractivity contribution in [1.29, 1.82) is 0 Å². The number of anilines is 1. The van der Waals surface area contributed by atoms with E-state index in [4.69, 9.17) is 11.6 Å². The van der Waals surface area contributed by atoms with Crippen LogP contribution in [-0.2, 0) is 0 Å². The summed E-state index contributed by atoms with van der Waals surface area (Å²) in [5.41, 5.74) is 0.999. The number of nitrogens with one attached hydrogen (secondary N) is 1. The number of halogens is 2. The predicted molar refractivity (Wildman–Crippen MR) is 69.5 cm³/mol. The van der Waals surface area contributed by atoms with Crippen LogP contribution in [-0.4, -0.2) is 11.0 Å². The van der Waals surface area contributed by atoms with Gasteiger partial charge in [-0.25, -0.2) is 4.98 Å². The Morgan fingerprint density at radius 2 is 2.13 bits per heavy atom. The SMILES string of the molecule is CC(C)CC(C)Nc1cnc(Cl)c(Br)c1. The average Bonchev–Trinajstić information content (AvgIpc) is 2.10. The molecule has 0 aliphatic rings. The number of aromatic nitrogens is 1. The van der Waals surface area contributed by atoms with E-state index in [0.717, 1.165) is 16.6 Å². The lowest BCUT2D eigenvalue weighted by atomic mass is 10.1. The number of nitrogens with zero attached hydrogens (tertiary/aromatic N) is 1. The molecule has 84 valence electrons. The van der Waals surface area contributed by atoms with Crippen molar-refractivity contribution in [3.05, 3.63) is 21.9 Å². The first-order valence-electron chi connectivity index (χ1n) is 5.06. The largest absolute Gasteiger partial charge is 0.381 e. The van der Waals surface area contributed by atoms with E-state index in [1.54, 1.807) is 6.20 Å². The Kier molecular flexibility index (Phi) is 4.87. The lowest BCUT2D eigenvalue weighted by Crippen LogP contribution is -2.17. The Balaban J connectivity index is 2.60. The summed E-state index contributed by atoms with van der Waals surface area (Å²) in [5.74, 6) is 0.691. The van der Waals surface area contributed by atoms with Crippen molar-refractivity contribution in [3.63, 3.8) is 0 Å². The topological polar surface area (TPSA) is 24.9 Å². The first-order chi connectivity index (χ1) is 6.99. The van der Waals surface area contributed by atoms with E-state index in [2.05, 4.69) is 47.0 Å². The quantitative estimate of drug-likeness (QED) is 0.835. The number of hydrogen-bond acceptors (Lipinski definition) is 2. The molecule has 0 radical (unpaired) electrons. The molecule has 0 aliphatic heterocycles. The maximum absolute atomic E-state index is 5.82. The molecule has 1 unspecified atom stereocenters. The Hall–Kier alpha value is -0.280. The van der Waals surface area contributed by atoms with Crippen LogP contribution < -0.4 is 5.32 Å². The lowest BCUT2D eigenvalue weighted by Gasteiger charge is -2.17. The van der Waals surface area contributed by atoms with Crippen LogP contribution in [0.1, 0.15) is 27.2 Å². The van der Waals surface area contributed by atoms with Gasteiger partial charge in [0.25, 0.3) is 0 Å². The lowest BCUT2D eigenvalue weighted by molar-refractivity contribution is 0.539. The molecule has 0 saturated heterocycles. The molecule has 0 bridgehead atoms. The van der Waals surface area contributed by atoms with Gasteiger partial charge in [-0.3, -0.25) is 0 Å². The number of pyridine rings is 1. The minimum atomic E-state index is 0.444. The van der Waals surface area contributed by atoms with E-state index in [-0.39, 0.29) is 0 Å². The first kappa shape index (κ1) is 12.8. The Morgan fingerprint density at radius 3 is 2.67 bits per heavy atom. The molecule has 0 spiro atoms. The molecule has 1 N–H and O–H groups in total. The van der Waals surface area contributed by atoms with Crippen LogP contribution in [0, 0.1) is 5.92 Å². The standard InChI is InChI=1S/C11H16BrClN2/c1-7(2)4-8(3)15-9-5-10(12)11(13)14-6-9/h5-8,15H,4H2,1-3H3. The van der Waals surface area contributed by atoms with Gasteiger partial charge in [0, 0.05) is 6.04 Å². The molecule has 15 heavy (non-hydrogen) atoms. The second kappa shape index (κ2) is 5.71. The minimum absolute atomic E-state index is 0.444. The summed E-state index contributed by atoms with van der Waals surface area (Å²) in [6.45, 7) is 6.60. The zero-order valence-corrected chi connectivity index (χ0v) is 11.6. The highest BCUT2D eigenvalue weighted by Gasteiger charge is 2.06. The van der Waals surface area contributed by atoms with Gasteiger partial charge in [0.05, 0.1) is 16.4 Å². The second-order valence-corrected chi connectivity index (χ2v) is 5.38. The summed E-state index contributed by atoms with van der Waals surface area (Å²) in [4.78, 5) is 4.07. The Bertz CT molecular complexity index is 328. The maximum atomic E-state index is 5.82. The van der Waals surface area contributed by atoms with E-state index < -0.39 is 0 Å². The molecule has 1 aromatic rings. The van der Waals surface area contributed by atoms with Crippen molar-refractivity contribution in [2.75, 3.05) is 5.32 Å². The predicted octanol–water partition coefficient (Wildman–Crippen LogP) is 4.34. The normalized spacial score (nSPS) is 12.9. The van der Waals surface area contributed by atoms with Crippen molar-refractivity contribution in [2.45, 2.75) is 33.2 Å². The van der Waals surface area contributed by atoms with Crippen LogP contribution in [0.3, 0.4) is 0 Å². The smallest absolute Gasteiger partial charge is 0.143 e. The van der Waals surface area contributed by atoms with Crippen molar-refractivity contribution >= 4 is 33.2 Å². The Labute approximate surface area is 105 Å². The number of hydrogen-bond donors (Lipinski definition) is 1. The fraction of sp³-hybridized carbons (Fsp3) is 0.545. The fourth-order valence-electron chi connectivity index (χ4n) is 1.55. The van der Waals surface area contributed by atoms with Crippen LogP contribution in [0.25, 0.3) is 0 Å². The first-order valence-corrected chi connectivity index (χ1v) is 6.23. The molecular formula is C11H16BrClN2. The molecule has 0 saturated carbocycles. The summed E-state index contributed by atoms with van der Waals surface area (Å²) >= 11 is 9.17. The van der Waals surface area contributed by atoms with Crippen LogP contribution in [0.15, 0.2) is 16.7 Å². The summed E-state index contributed by atoms with van der Waals surface area (Å²) < 4.78 is 0.825. The van der Waals surface area contributed by atoms with Gasteiger partial charge in [0.15, 0.2) is 0 Å². The van der Waals surface area contributed by atoms with Gasteiger partial charge < -0.3 is 5.32 Å². The van der Waals surface area contributed by atoms with E-state index in [0.29, 0.717) is 17.1 Å². The molecule has 0 aromatic carbocycles. The summed E-state index contributed by atoms with van der Waals surface area (Å²) in [6, 6.07) is 2.39. The fourth-order valence-corrected chi connectivity index (χ4v) is 2.00. The highest BCUT2D eigenvalue weighted by Crippen LogP contribution is 2.23. The van der Waals surface area contributed by atoms with Gasteiger partial charge in [-0.1, -0.05) is 25.4 Å². The molecular weight excluding hydrogens is 275 g/mol. The van der Waals surface area contributed by atoms with Crippen molar-refractivity contribution in [1.82, 2.24) is 4.98 Å². The third kappa shape index (κ3) is 4.39. The molecule has 0 amide bonds. The monoisotopic (exact) mass is 290 g/mol. The molecule has 4 heteroatoms. The Morgan fingerprint density at radius 1 is 1.47 bits per heavy atom. The zero-order valence-electron chi connectivity index (χ0n) is 9.22. The van der Waals surface area contributed by atoms with Gasteiger partial charge in [0.1, 0.15) is 5.15 Å². The average molecular weight is 292 g/mol. The molecule has 2 nitrogen and oxygen atoms in total. The van der Waals surface area contributed by atoms with Crippen LogP contribution in [0.4, 0.5) is 5.69 Å². The van der Waals surface area contributed by atoms with Gasteiger partial charge in [-0.2, -0.15) is 0 Å². The van der Waals surface area contributed by atoms with E-state index in [1.165, 1.54) is 0 Å². The van der Waals surface area contributed by atoms with E-state index in [1.807, 2.05) is 6.07 Å². The third-order valence-corrected chi connectivity index (χ3v) is 3.17. The molecule has 1 heterocycles. The van der Waals surface area contributed by atoms with Crippen LogP contribution in [0.2, 0.25) is 5.15 Å². The number of rotatable bonds is 4. The van der Waals surface area contributed by atoms with Gasteiger partial charge >= 0.3 is 0 Å². The van der Waals surface area contributed by atoms with Crippen LogP contribution in [0.5, 0.6) is 0 Å². The zero-order chi connectivity index (χ0) is 11.4. The van der Waals surface area contributed by atoms with Crippen molar-refractivity contribution in [2.24, 2.45) is 5.92 Å². The van der Waals surface area contributed by atoms with Gasteiger partial charge in [-0.15, -0.1) is 0 Å². The van der Waals surface area contributed by atoms with Gasteiger partial charge in [0.2, 0.25) is 0 Å². The summed E-state index contributed by atoms with van der Waals surface area (Å²) in [7, 11) is 0. The molecule has 0 fully saturated rings. The molecule has 1 aromatic heterocycles. The summed E-state index contributed by atoms with van der Waals surface area (Å²) in [5, 5.41) is 3.89. The summed E-state index contributed by atoms with van der Waals surface area (Å²) in [6.07, 6.45) is 2.89. The molecule has 0 aliphatic carbocycles. The highest BCUT2D eigenvalue weighted by molar-refractivity contribution is 9.10. The minimum Gasteiger partial charge on any atom is -0.381 e. The molecule has 1 rings (SSSR count). The van der Waals surface area contributed by atoms with Gasteiger partial charge in [-0.05, 0) is 41.3 Å². The van der Waals surface area contributed by atoms with E-state index in [9.17, 15) is 0 Å². The highest BCUT2D eigenvalue weighted by atomic mass is 79.9. The van der Waals surface area contributed by atoms with Crippen molar-refractivity contribution < 1.29 is 0 Å². The van der Waals surface area contributed by atoms with E-state index >= 15 is 0 Å². The maximum Gasteiger partial charge on any atom is 0.143 e. The van der Waals surface area contributed by atoms with Crippen molar-refractivity contribution in [3.8, 4) is 0 Å². The molecule has 1 atom stereocenters. The third-order valence-electron chi connectivity index (χ3n) is 2.03. The van der Waals surface area contributed by atoms with Crippen LogP contribution >= 0.6 is 27.5 Å². The second-order valence-electron chi connectivity index (χ2n) is 4.17.